The Morgan fingerprint density at radius 1 is 1.26 bits per heavy atom. The lowest BCUT2D eigenvalue weighted by Gasteiger charge is -2.24. The molecule has 1 aromatic carbocycles. The van der Waals surface area contributed by atoms with Crippen molar-refractivity contribution in [1.29, 1.82) is 0 Å². The number of rotatable bonds is 4. The second-order valence-electron chi connectivity index (χ2n) is 6.35. The van der Waals surface area contributed by atoms with Crippen molar-refractivity contribution in [3.63, 3.8) is 0 Å². The number of hydrogen-bond acceptors (Lipinski definition) is 3. The summed E-state index contributed by atoms with van der Waals surface area (Å²) in [5.74, 6) is 1.22. The van der Waals surface area contributed by atoms with Crippen molar-refractivity contribution in [2.45, 2.75) is 38.9 Å². The number of para-hydroxylation sites is 2. The Morgan fingerprint density at radius 3 is 2.91 bits per heavy atom. The molecule has 2 aromatic heterocycles. The highest BCUT2D eigenvalue weighted by atomic mass is 15.3. The summed E-state index contributed by atoms with van der Waals surface area (Å²) in [4.78, 5) is 7.51. The summed E-state index contributed by atoms with van der Waals surface area (Å²) in [6.07, 6.45) is 6.50. The third-order valence-electron chi connectivity index (χ3n) is 4.81. The third kappa shape index (κ3) is 2.55. The summed E-state index contributed by atoms with van der Waals surface area (Å²) >= 11 is 0. The van der Waals surface area contributed by atoms with Crippen LogP contribution in [0.3, 0.4) is 0 Å². The van der Waals surface area contributed by atoms with Crippen LogP contribution in [-0.4, -0.2) is 30.8 Å². The molecule has 0 amide bonds. The largest absolute Gasteiger partial charge is 0.327 e. The maximum Gasteiger partial charge on any atom is 0.127 e. The van der Waals surface area contributed by atoms with Gasteiger partial charge in [-0.1, -0.05) is 12.1 Å². The van der Waals surface area contributed by atoms with Crippen molar-refractivity contribution in [3.8, 4) is 0 Å². The molecule has 1 aliphatic rings. The molecule has 3 heterocycles. The quantitative estimate of drug-likeness (QED) is 0.743. The van der Waals surface area contributed by atoms with Crippen molar-refractivity contribution in [2.24, 2.45) is 7.05 Å². The van der Waals surface area contributed by atoms with Crippen LogP contribution in [0.2, 0.25) is 0 Å². The van der Waals surface area contributed by atoms with Crippen LogP contribution in [0.5, 0.6) is 0 Å². The van der Waals surface area contributed by atoms with E-state index in [9.17, 15) is 0 Å². The van der Waals surface area contributed by atoms with Gasteiger partial charge in [0.15, 0.2) is 0 Å². The van der Waals surface area contributed by atoms with Gasteiger partial charge < -0.3 is 4.57 Å². The van der Waals surface area contributed by atoms with Crippen molar-refractivity contribution < 1.29 is 0 Å². The van der Waals surface area contributed by atoms with E-state index < -0.39 is 0 Å². The van der Waals surface area contributed by atoms with E-state index in [1.54, 1.807) is 0 Å². The lowest BCUT2D eigenvalue weighted by atomic mass is 10.2. The molecule has 4 rings (SSSR count). The summed E-state index contributed by atoms with van der Waals surface area (Å²) in [6.45, 7) is 5.25. The normalized spacial score (nSPS) is 19.0. The van der Waals surface area contributed by atoms with E-state index in [1.807, 2.05) is 17.9 Å². The van der Waals surface area contributed by atoms with Crippen LogP contribution < -0.4 is 0 Å². The minimum absolute atomic E-state index is 0.405. The highest BCUT2D eigenvalue weighted by Gasteiger charge is 2.30. The van der Waals surface area contributed by atoms with Gasteiger partial charge in [0.1, 0.15) is 5.82 Å². The zero-order chi connectivity index (χ0) is 15.8. The zero-order valence-electron chi connectivity index (χ0n) is 13.8. The van der Waals surface area contributed by atoms with Crippen molar-refractivity contribution in [3.05, 3.63) is 48.0 Å². The van der Waals surface area contributed by atoms with E-state index in [0.717, 1.165) is 25.2 Å². The first-order chi connectivity index (χ1) is 11.3. The van der Waals surface area contributed by atoms with E-state index in [0.29, 0.717) is 6.04 Å². The number of benzene rings is 1. The predicted molar refractivity (Wildman–Crippen MR) is 91.0 cm³/mol. The molecule has 0 N–H and O–H groups in total. The number of hydrogen-bond donors (Lipinski definition) is 0. The molecule has 0 bridgehead atoms. The van der Waals surface area contributed by atoms with Crippen molar-refractivity contribution in [1.82, 2.24) is 24.2 Å². The van der Waals surface area contributed by atoms with Crippen LogP contribution in [-0.2, 0) is 20.1 Å². The summed E-state index contributed by atoms with van der Waals surface area (Å²) < 4.78 is 4.25. The van der Waals surface area contributed by atoms with E-state index in [1.165, 1.54) is 29.7 Å². The molecule has 0 unspecified atom stereocenters. The zero-order valence-corrected chi connectivity index (χ0v) is 13.8. The molecule has 0 radical (unpaired) electrons. The Hall–Kier alpha value is -2.14. The van der Waals surface area contributed by atoms with E-state index in [2.05, 4.69) is 52.0 Å². The maximum absolute atomic E-state index is 4.96. The van der Waals surface area contributed by atoms with Crippen LogP contribution in [0.15, 0.2) is 36.7 Å². The number of likely N-dealkylation sites (tertiary alicyclic amines) is 1. The van der Waals surface area contributed by atoms with Gasteiger partial charge in [0.25, 0.3) is 0 Å². The summed E-state index contributed by atoms with van der Waals surface area (Å²) in [7, 11) is 1.97. The minimum atomic E-state index is 0.405. The lowest BCUT2D eigenvalue weighted by molar-refractivity contribution is 0.236. The molecule has 3 aromatic rings. The highest BCUT2D eigenvalue weighted by Crippen LogP contribution is 2.34. The van der Waals surface area contributed by atoms with Crippen molar-refractivity contribution in [2.75, 3.05) is 6.54 Å². The van der Waals surface area contributed by atoms with Gasteiger partial charge in [-0.05, 0) is 38.4 Å². The van der Waals surface area contributed by atoms with E-state index in [4.69, 9.17) is 4.98 Å². The van der Waals surface area contributed by atoms with Gasteiger partial charge in [0.05, 0.1) is 23.3 Å². The monoisotopic (exact) mass is 309 g/mol. The maximum atomic E-state index is 4.96. The fraction of sp³-hybridized carbons (Fsp3) is 0.444. The number of aryl methyl sites for hydroxylation is 2. The molecule has 1 atom stereocenters. The molecule has 120 valence electrons. The Morgan fingerprint density at radius 2 is 2.13 bits per heavy atom. The summed E-state index contributed by atoms with van der Waals surface area (Å²) in [5, 5.41) is 4.29. The Kier molecular flexibility index (Phi) is 3.65. The van der Waals surface area contributed by atoms with E-state index in [-0.39, 0.29) is 0 Å². The fourth-order valence-electron chi connectivity index (χ4n) is 3.78. The number of aromatic nitrogens is 4. The van der Waals surface area contributed by atoms with Gasteiger partial charge in [0, 0.05) is 31.9 Å². The molecule has 1 aliphatic heterocycles. The van der Waals surface area contributed by atoms with Crippen LogP contribution in [0.1, 0.15) is 37.2 Å². The fourth-order valence-corrected chi connectivity index (χ4v) is 3.78. The first-order valence-electron chi connectivity index (χ1n) is 8.43. The van der Waals surface area contributed by atoms with Gasteiger partial charge in [-0.25, -0.2) is 4.98 Å². The first-order valence-corrected chi connectivity index (χ1v) is 8.43. The standard InChI is InChI=1S/C18H23N5/c1-3-23-16-8-5-4-7-15(16)20-18(23)17-9-6-10-22(17)13-14-11-19-21(2)12-14/h4-5,7-8,11-12,17H,3,6,9-10,13H2,1-2H3/t17-/m1/s1. The van der Waals surface area contributed by atoms with Gasteiger partial charge in [-0.15, -0.1) is 0 Å². The molecular formula is C18H23N5. The third-order valence-corrected chi connectivity index (χ3v) is 4.81. The number of nitrogens with zero attached hydrogens (tertiary/aromatic N) is 5. The summed E-state index contributed by atoms with van der Waals surface area (Å²) in [6, 6.07) is 8.87. The number of fused-ring (bicyclic) bond motifs is 1. The highest BCUT2D eigenvalue weighted by molar-refractivity contribution is 5.76. The summed E-state index contributed by atoms with van der Waals surface area (Å²) in [5.41, 5.74) is 3.63. The van der Waals surface area contributed by atoms with Gasteiger partial charge in [-0.2, -0.15) is 5.10 Å². The van der Waals surface area contributed by atoms with Gasteiger partial charge in [0.2, 0.25) is 0 Å². The molecular weight excluding hydrogens is 286 g/mol. The molecule has 23 heavy (non-hydrogen) atoms. The smallest absolute Gasteiger partial charge is 0.127 e. The average Bonchev–Trinajstić information content (AvgIpc) is 3.25. The second kappa shape index (κ2) is 5.81. The van der Waals surface area contributed by atoms with Gasteiger partial charge >= 0.3 is 0 Å². The SMILES string of the molecule is CCn1c([C@H]2CCCN2Cc2cnn(C)c2)nc2ccccc21. The average molecular weight is 309 g/mol. The molecule has 5 nitrogen and oxygen atoms in total. The molecule has 0 saturated carbocycles. The van der Waals surface area contributed by atoms with Crippen LogP contribution in [0, 0.1) is 0 Å². The Labute approximate surface area is 136 Å². The molecule has 0 aliphatic carbocycles. The number of imidazole rings is 1. The lowest BCUT2D eigenvalue weighted by Crippen LogP contribution is -2.25. The Bertz CT molecular complexity index is 816. The van der Waals surface area contributed by atoms with E-state index >= 15 is 0 Å². The molecule has 1 saturated heterocycles. The minimum Gasteiger partial charge on any atom is -0.327 e. The predicted octanol–water partition coefficient (Wildman–Crippen LogP) is 3.13. The van der Waals surface area contributed by atoms with Crippen LogP contribution in [0.25, 0.3) is 11.0 Å². The first kappa shape index (κ1) is 14.5. The topological polar surface area (TPSA) is 38.9 Å². The molecule has 1 fully saturated rings. The Balaban J connectivity index is 1.68. The van der Waals surface area contributed by atoms with Crippen LogP contribution >= 0.6 is 0 Å². The molecule has 0 spiro atoms. The van der Waals surface area contributed by atoms with Crippen LogP contribution in [0.4, 0.5) is 0 Å². The molecule has 5 heteroatoms. The van der Waals surface area contributed by atoms with Gasteiger partial charge in [-0.3, -0.25) is 9.58 Å². The second-order valence-corrected chi connectivity index (χ2v) is 6.35. The van der Waals surface area contributed by atoms with Crippen molar-refractivity contribution >= 4 is 11.0 Å².